The van der Waals surface area contributed by atoms with E-state index in [1.807, 2.05) is 13.0 Å². The quantitative estimate of drug-likeness (QED) is 0.413. The molecule has 1 aliphatic heterocycles. The molecule has 0 radical (unpaired) electrons. The van der Waals surface area contributed by atoms with Gasteiger partial charge in [0.15, 0.2) is 0 Å². The van der Waals surface area contributed by atoms with Gasteiger partial charge >= 0.3 is 0 Å². The summed E-state index contributed by atoms with van der Waals surface area (Å²) in [6.45, 7) is 1.99. The zero-order valence-electron chi connectivity index (χ0n) is 5.39. The molecule has 0 saturated heterocycles. The van der Waals surface area contributed by atoms with E-state index in [0.717, 1.165) is 5.70 Å². The van der Waals surface area contributed by atoms with Crippen molar-refractivity contribution >= 4 is 0 Å². The van der Waals surface area contributed by atoms with Crippen molar-refractivity contribution in [1.82, 2.24) is 5.32 Å². The van der Waals surface area contributed by atoms with E-state index >= 15 is 0 Å². The molecule has 0 amide bonds. The van der Waals surface area contributed by atoms with Gasteiger partial charge < -0.3 is 16.8 Å². The molecule has 9 heavy (non-hydrogen) atoms. The number of rotatable bonds is 0. The summed E-state index contributed by atoms with van der Waals surface area (Å²) < 4.78 is 0. The lowest BCUT2D eigenvalue weighted by molar-refractivity contribution is 0.701. The maximum Gasteiger partial charge on any atom is 0.0985 e. The fourth-order valence-corrected chi connectivity index (χ4v) is 0.863. The molecule has 3 nitrogen and oxygen atoms in total. The van der Waals surface area contributed by atoms with Gasteiger partial charge in [0.05, 0.1) is 5.82 Å². The number of hydrogen-bond donors (Lipinski definition) is 3. The van der Waals surface area contributed by atoms with E-state index in [9.17, 15) is 0 Å². The highest BCUT2D eigenvalue weighted by Gasteiger charge is 2.03. The van der Waals surface area contributed by atoms with Crippen LogP contribution in [0.4, 0.5) is 0 Å². The zero-order chi connectivity index (χ0) is 6.85. The fourth-order valence-electron chi connectivity index (χ4n) is 0.863. The van der Waals surface area contributed by atoms with Gasteiger partial charge in [-0.1, -0.05) is 0 Å². The predicted octanol–water partition coefficient (Wildman–Crippen LogP) is -0.379. The van der Waals surface area contributed by atoms with Crippen LogP contribution in [-0.4, -0.2) is 6.04 Å². The van der Waals surface area contributed by atoms with Gasteiger partial charge in [0.2, 0.25) is 0 Å². The number of allylic oxidation sites excluding steroid dienone is 1. The van der Waals surface area contributed by atoms with Gasteiger partial charge in [-0.05, 0) is 13.0 Å². The predicted molar refractivity (Wildman–Crippen MR) is 37.1 cm³/mol. The van der Waals surface area contributed by atoms with E-state index in [0.29, 0.717) is 5.82 Å². The normalized spacial score (nSPS) is 26.1. The molecule has 1 heterocycles. The van der Waals surface area contributed by atoms with Crippen LogP contribution in [0.25, 0.3) is 0 Å². The number of nitrogens with two attached hydrogens (primary N) is 2. The summed E-state index contributed by atoms with van der Waals surface area (Å²) in [5.41, 5.74) is 11.7. The molecule has 0 fully saturated rings. The SMILES string of the molecule is CC1C=C(N)C=C(N)N1. The summed E-state index contributed by atoms with van der Waals surface area (Å²) in [6, 6.07) is 0.259. The summed E-state index contributed by atoms with van der Waals surface area (Å²) in [6.07, 6.45) is 3.62. The molecule has 3 heteroatoms. The Morgan fingerprint density at radius 1 is 1.56 bits per heavy atom. The lowest BCUT2D eigenvalue weighted by Gasteiger charge is -2.16. The van der Waals surface area contributed by atoms with E-state index in [-0.39, 0.29) is 6.04 Å². The van der Waals surface area contributed by atoms with Crippen LogP contribution in [-0.2, 0) is 0 Å². The minimum absolute atomic E-state index is 0.259. The van der Waals surface area contributed by atoms with Crippen LogP contribution in [0.15, 0.2) is 23.7 Å². The van der Waals surface area contributed by atoms with Crippen LogP contribution in [0.1, 0.15) is 6.92 Å². The first-order valence-corrected chi connectivity index (χ1v) is 2.89. The van der Waals surface area contributed by atoms with Crippen molar-refractivity contribution in [3.8, 4) is 0 Å². The first-order chi connectivity index (χ1) is 4.18. The fraction of sp³-hybridized carbons (Fsp3) is 0.333. The average molecular weight is 125 g/mol. The van der Waals surface area contributed by atoms with Crippen molar-refractivity contribution in [2.45, 2.75) is 13.0 Å². The van der Waals surface area contributed by atoms with Crippen LogP contribution in [0.3, 0.4) is 0 Å². The lowest BCUT2D eigenvalue weighted by Crippen LogP contribution is -2.32. The molecule has 50 valence electrons. The third kappa shape index (κ3) is 1.38. The minimum Gasteiger partial charge on any atom is -0.399 e. The highest BCUT2D eigenvalue weighted by molar-refractivity contribution is 5.24. The van der Waals surface area contributed by atoms with Crippen molar-refractivity contribution in [3.05, 3.63) is 23.7 Å². The van der Waals surface area contributed by atoms with E-state index in [1.165, 1.54) is 0 Å². The zero-order valence-corrected chi connectivity index (χ0v) is 5.39. The van der Waals surface area contributed by atoms with Gasteiger partial charge in [0.25, 0.3) is 0 Å². The van der Waals surface area contributed by atoms with Gasteiger partial charge in [0, 0.05) is 17.8 Å². The van der Waals surface area contributed by atoms with Gasteiger partial charge in [0.1, 0.15) is 0 Å². The molecule has 0 aliphatic carbocycles. The number of hydrogen-bond acceptors (Lipinski definition) is 3. The molecular formula is C6H11N3. The molecule has 1 rings (SSSR count). The molecule has 0 bridgehead atoms. The Labute approximate surface area is 54.4 Å². The Hall–Kier alpha value is -1.12. The summed E-state index contributed by atoms with van der Waals surface area (Å²) in [7, 11) is 0. The van der Waals surface area contributed by atoms with Crippen LogP contribution in [0.5, 0.6) is 0 Å². The minimum atomic E-state index is 0.259. The Kier molecular flexibility index (Phi) is 1.34. The van der Waals surface area contributed by atoms with Crippen molar-refractivity contribution in [2.24, 2.45) is 11.5 Å². The Bertz CT molecular complexity index is 169. The molecule has 1 aliphatic rings. The second-order valence-corrected chi connectivity index (χ2v) is 2.20. The maximum atomic E-state index is 5.48. The van der Waals surface area contributed by atoms with E-state index < -0.39 is 0 Å². The first kappa shape index (κ1) is 6.01. The third-order valence-electron chi connectivity index (χ3n) is 1.16. The molecule has 0 aromatic heterocycles. The lowest BCUT2D eigenvalue weighted by atomic mass is 10.2. The Morgan fingerprint density at radius 2 is 2.22 bits per heavy atom. The monoisotopic (exact) mass is 125 g/mol. The van der Waals surface area contributed by atoms with E-state index in [1.54, 1.807) is 6.08 Å². The summed E-state index contributed by atoms with van der Waals surface area (Å²) in [5, 5.41) is 2.99. The molecular weight excluding hydrogens is 114 g/mol. The molecule has 0 spiro atoms. The van der Waals surface area contributed by atoms with E-state index in [4.69, 9.17) is 11.5 Å². The average Bonchev–Trinajstić information content (AvgIpc) is 1.59. The summed E-state index contributed by atoms with van der Waals surface area (Å²) in [5.74, 6) is 0.641. The van der Waals surface area contributed by atoms with Gasteiger partial charge in [-0.25, -0.2) is 0 Å². The molecule has 1 atom stereocenters. The smallest absolute Gasteiger partial charge is 0.0985 e. The Morgan fingerprint density at radius 3 is 2.67 bits per heavy atom. The van der Waals surface area contributed by atoms with Gasteiger partial charge in [-0.2, -0.15) is 0 Å². The molecule has 0 aromatic carbocycles. The van der Waals surface area contributed by atoms with Crippen LogP contribution < -0.4 is 16.8 Å². The van der Waals surface area contributed by atoms with E-state index in [2.05, 4.69) is 5.32 Å². The number of dihydropyridines is 1. The van der Waals surface area contributed by atoms with Gasteiger partial charge in [-0.3, -0.25) is 0 Å². The first-order valence-electron chi connectivity index (χ1n) is 2.89. The van der Waals surface area contributed by atoms with Crippen LogP contribution in [0.2, 0.25) is 0 Å². The highest BCUT2D eigenvalue weighted by atomic mass is 15.0. The molecule has 5 N–H and O–H groups in total. The van der Waals surface area contributed by atoms with Crippen molar-refractivity contribution in [1.29, 1.82) is 0 Å². The molecule has 1 unspecified atom stereocenters. The topological polar surface area (TPSA) is 64.1 Å². The molecule has 0 aromatic rings. The van der Waals surface area contributed by atoms with Crippen molar-refractivity contribution in [2.75, 3.05) is 0 Å². The third-order valence-corrected chi connectivity index (χ3v) is 1.16. The second-order valence-electron chi connectivity index (χ2n) is 2.20. The summed E-state index contributed by atoms with van der Waals surface area (Å²) in [4.78, 5) is 0. The van der Waals surface area contributed by atoms with Crippen molar-refractivity contribution < 1.29 is 0 Å². The van der Waals surface area contributed by atoms with Crippen LogP contribution >= 0.6 is 0 Å². The van der Waals surface area contributed by atoms with Crippen molar-refractivity contribution in [3.63, 3.8) is 0 Å². The highest BCUT2D eigenvalue weighted by Crippen LogP contribution is 2.00. The standard InChI is InChI=1S/C6H11N3/c1-4-2-5(7)3-6(8)9-4/h2-4,9H,7-8H2,1H3. The van der Waals surface area contributed by atoms with Gasteiger partial charge in [-0.15, -0.1) is 0 Å². The largest absolute Gasteiger partial charge is 0.399 e. The Balaban J connectivity index is 2.74. The maximum absolute atomic E-state index is 5.48. The van der Waals surface area contributed by atoms with Crippen LogP contribution in [0, 0.1) is 0 Å². The number of nitrogens with one attached hydrogen (secondary N) is 1. The summed E-state index contributed by atoms with van der Waals surface area (Å²) >= 11 is 0. The molecule has 0 saturated carbocycles. The second kappa shape index (κ2) is 2.01.